The van der Waals surface area contributed by atoms with Crippen molar-refractivity contribution in [3.63, 3.8) is 0 Å². The number of rotatable bonds is 5. The highest BCUT2D eigenvalue weighted by Gasteiger charge is 2.20. The number of thiophene rings is 1. The second-order valence-electron chi connectivity index (χ2n) is 5.93. The van der Waals surface area contributed by atoms with Crippen molar-refractivity contribution in [2.75, 3.05) is 11.2 Å². The Bertz CT molecular complexity index is 636. The summed E-state index contributed by atoms with van der Waals surface area (Å²) in [4.78, 5) is 12.0. The Hall–Kier alpha value is -0.850. The zero-order valence-electron chi connectivity index (χ0n) is 12.6. The minimum Gasteiger partial charge on any atom is -0.308 e. The topological polar surface area (TPSA) is 63.8 Å². The van der Waals surface area contributed by atoms with E-state index in [1.807, 2.05) is 23.1 Å². The predicted molar refractivity (Wildman–Crippen MR) is 92.9 cm³/mol. The number of thioether (sulfide) groups is 1. The van der Waals surface area contributed by atoms with Crippen LogP contribution < -0.4 is 11.3 Å². The van der Waals surface area contributed by atoms with Gasteiger partial charge < -0.3 is 5.43 Å². The maximum atomic E-state index is 5.71. The zero-order chi connectivity index (χ0) is 14.8. The van der Waals surface area contributed by atoms with Crippen LogP contribution in [0.15, 0.2) is 0 Å². The van der Waals surface area contributed by atoms with Crippen molar-refractivity contribution in [2.45, 2.75) is 45.3 Å². The number of hydrazine groups is 1. The van der Waals surface area contributed by atoms with Crippen LogP contribution in [-0.4, -0.2) is 15.7 Å². The maximum Gasteiger partial charge on any atom is 0.152 e. The molecule has 0 aromatic carbocycles. The first-order chi connectivity index (χ1) is 10.2. The highest BCUT2D eigenvalue weighted by atomic mass is 32.2. The van der Waals surface area contributed by atoms with Gasteiger partial charge >= 0.3 is 0 Å². The summed E-state index contributed by atoms with van der Waals surface area (Å²) in [5, 5.41) is 1.16. The van der Waals surface area contributed by atoms with E-state index in [-0.39, 0.29) is 0 Å². The second-order valence-corrected chi connectivity index (χ2v) is 8.05. The third-order valence-electron chi connectivity index (χ3n) is 3.68. The molecule has 0 amide bonds. The molecule has 0 aliphatic heterocycles. The number of hydrogen-bond donors (Lipinski definition) is 2. The molecule has 0 atom stereocenters. The third kappa shape index (κ3) is 3.17. The van der Waals surface area contributed by atoms with Crippen LogP contribution in [0.1, 0.15) is 43.0 Å². The Kier molecular flexibility index (Phi) is 4.66. The number of fused-ring (bicyclic) bond motifs is 3. The predicted octanol–water partition coefficient (Wildman–Crippen LogP) is 3.74. The molecule has 0 unspecified atom stereocenters. The summed E-state index contributed by atoms with van der Waals surface area (Å²) < 4.78 is 0. The van der Waals surface area contributed by atoms with Gasteiger partial charge in [0.05, 0.1) is 11.1 Å². The molecule has 4 nitrogen and oxygen atoms in total. The average Bonchev–Trinajstić information content (AvgIpc) is 2.84. The van der Waals surface area contributed by atoms with Crippen molar-refractivity contribution in [2.24, 2.45) is 11.8 Å². The molecule has 1 aliphatic carbocycles. The van der Waals surface area contributed by atoms with Crippen molar-refractivity contribution in [1.29, 1.82) is 0 Å². The number of nitrogens with zero attached hydrogens (tertiary/aromatic N) is 2. The Morgan fingerprint density at radius 1 is 1.29 bits per heavy atom. The van der Waals surface area contributed by atoms with Gasteiger partial charge in [0.2, 0.25) is 0 Å². The molecule has 0 bridgehead atoms. The Labute approximate surface area is 133 Å². The number of nitrogens with two attached hydrogens (primary N) is 1. The van der Waals surface area contributed by atoms with Crippen LogP contribution in [0.2, 0.25) is 0 Å². The van der Waals surface area contributed by atoms with E-state index < -0.39 is 0 Å². The van der Waals surface area contributed by atoms with Crippen LogP contribution in [0.3, 0.4) is 0 Å². The Morgan fingerprint density at radius 3 is 2.86 bits per heavy atom. The summed E-state index contributed by atoms with van der Waals surface area (Å²) in [6, 6.07) is 0. The molecule has 21 heavy (non-hydrogen) atoms. The van der Waals surface area contributed by atoms with E-state index in [0.29, 0.717) is 5.92 Å². The first-order valence-corrected chi connectivity index (χ1v) is 9.51. The van der Waals surface area contributed by atoms with Crippen molar-refractivity contribution < 1.29 is 0 Å². The summed E-state index contributed by atoms with van der Waals surface area (Å²) in [5.41, 5.74) is 4.22. The van der Waals surface area contributed by atoms with E-state index in [0.717, 1.165) is 39.8 Å². The minimum atomic E-state index is 0.694. The average molecular weight is 323 g/mol. The lowest BCUT2D eigenvalue weighted by atomic mass is 9.97. The van der Waals surface area contributed by atoms with Crippen LogP contribution >= 0.6 is 23.1 Å². The number of nitrogen functional groups attached to an aromatic ring is 1. The van der Waals surface area contributed by atoms with E-state index in [2.05, 4.69) is 24.3 Å². The van der Waals surface area contributed by atoms with Crippen molar-refractivity contribution in [1.82, 2.24) is 9.97 Å². The smallest absolute Gasteiger partial charge is 0.152 e. The number of aryl methyl sites for hydroxylation is 2. The van der Waals surface area contributed by atoms with Gasteiger partial charge in [-0.15, -0.1) is 11.3 Å². The summed E-state index contributed by atoms with van der Waals surface area (Å²) in [5.74, 6) is 10.1. The number of nitrogens with one attached hydrogen (secondary N) is 1. The van der Waals surface area contributed by atoms with E-state index in [1.165, 1.54) is 29.7 Å². The SMILES string of the molecule is CC(C)CSCc1nc(NN)c2c3c(sc2n1)CCCC3. The summed E-state index contributed by atoms with van der Waals surface area (Å²) in [6.45, 7) is 4.47. The Morgan fingerprint density at radius 2 is 2.10 bits per heavy atom. The van der Waals surface area contributed by atoms with Crippen LogP contribution in [0, 0.1) is 5.92 Å². The minimum absolute atomic E-state index is 0.694. The van der Waals surface area contributed by atoms with Crippen LogP contribution in [-0.2, 0) is 18.6 Å². The van der Waals surface area contributed by atoms with Crippen LogP contribution in [0.5, 0.6) is 0 Å². The highest BCUT2D eigenvalue weighted by molar-refractivity contribution is 7.98. The van der Waals surface area contributed by atoms with Gasteiger partial charge in [-0.2, -0.15) is 11.8 Å². The van der Waals surface area contributed by atoms with Gasteiger partial charge in [-0.3, -0.25) is 0 Å². The summed E-state index contributed by atoms with van der Waals surface area (Å²) in [7, 11) is 0. The molecule has 3 N–H and O–H groups in total. The molecule has 2 aromatic rings. The maximum absolute atomic E-state index is 5.71. The molecule has 2 heterocycles. The first-order valence-electron chi connectivity index (χ1n) is 7.54. The fourth-order valence-corrected chi connectivity index (χ4v) is 4.94. The Balaban J connectivity index is 1.94. The molecule has 6 heteroatoms. The molecule has 0 saturated carbocycles. The van der Waals surface area contributed by atoms with Gasteiger partial charge in [-0.05, 0) is 42.9 Å². The lowest BCUT2D eigenvalue weighted by Gasteiger charge is -2.12. The summed E-state index contributed by atoms with van der Waals surface area (Å²) in [6.07, 6.45) is 4.86. The van der Waals surface area contributed by atoms with Crippen LogP contribution in [0.25, 0.3) is 10.2 Å². The second kappa shape index (κ2) is 6.50. The van der Waals surface area contributed by atoms with E-state index in [1.54, 1.807) is 0 Å². The van der Waals surface area contributed by atoms with Gasteiger partial charge in [0.15, 0.2) is 5.82 Å². The van der Waals surface area contributed by atoms with Crippen molar-refractivity contribution >= 4 is 39.1 Å². The lowest BCUT2D eigenvalue weighted by molar-refractivity contribution is 0.700. The fourth-order valence-electron chi connectivity index (χ4n) is 2.76. The first kappa shape index (κ1) is 15.1. The largest absolute Gasteiger partial charge is 0.308 e. The molecule has 2 aromatic heterocycles. The lowest BCUT2D eigenvalue weighted by Crippen LogP contribution is -2.11. The highest BCUT2D eigenvalue weighted by Crippen LogP contribution is 2.38. The number of anilines is 1. The molecule has 0 fully saturated rings. The molecule has 114 valence electrons. The van der Waals surface area contributed by atoms with Crippen molar-refractivity contribution in [3.05, 3.63) is 16.3 Å². The number of aromatic nitrogens is 2. The zero-order valence-corrected chi connectivity index (χ0v) is 14.2. The van der Waals surface area contributed by atoms with Gasteiger partial charge in [0.1, 0.15) is 10.7 Å². The summed E-state index contributed by atoms with van der Waals surface area (Å²) >= 11 is 3.72. The van der Waals surface area contributed by atoms with E-state index >= 15 is 0 Å². The van der Waals surface area contributed by atoms with Crippen molar-refractivity contribution in [3.8, 4) is 0 Å². The molecule has 0 saturated heterocycles. The molecule has 1 aliphatic rings. The molecular formula is C15H22N4S2. The molecule has 0 spiro atoms. The molecule has 3 rings (SSSR count). The molecular weight excluding hydrogens is 300 g/mol. The van der Waals surface area contributed by atoms with Crippen LogP contribution in [0.4, 0.5) is 5.82 Å². The molecule has 0 radical (unpaired) electrons. The third-order valence-corrected chi connectivity index (χ3v) is 6.23. The quantitative estimate of drug-likeness (QED) is 0.648. The van der Waals surface area contributed by atoms with E-state index in [4.69, 9.17) is 10.8 Å². The monoisotopic (exact) mass is 322 g/mol. The van der Waals surface area contributed by atoms with Gasteiger partial charge in [-0.25, -0.2) is 15.8 Å². The van der Waals surface area contributed by atoms with Gasteiger partial charge in [0, 0.05) is 4.88 Å². The van der Waals surface area contributed by atoms with Gasteiger partial charge in [-0.1, -0.05) is 13.8 Å². The standard InChI is InChI=1S/C15H22N4S2/c1-9(2)7-20-8-12-17-14(19-16)13-10-5-3-4-6-11(10)21-15(13)18-12/h9H,3-8,16H2,1-2H3,(H,17,18,19). The number of hydrogen-bond acceptors (Lipinski definition) is 6. The van der Waals surface area contributed by atoms with Gasteiger partial charge in [0.25, 0.3) is 0 Å². The van der Waals surface area contributed by atoms with E-state index in [9.17, 15) is 0 Å². The fraction of sp³-hybridized carbons (Fsp3) is 0.600. The normalized spacial score (nSPS) is 14.7.